The molecule has 2 aromatic rings. The van der Waals surface area contributed by atoms with Crippen LogP contribution in [0.3, 0.4) is 0 Å². The summed E-state index contributed by atoms with van der Waals surface area (Å²) in [5, 5.41) is 21.4. The molecule has 1 aliphatic carbocycles. The van der Waals surface area contributed by atoms with E-state index in [0.29, 0.717) is 12.6 Å². The third-order valence-electron chi connectivity index (χ3n) is 5.70. The molecular formula is C25H26F9N3O8. The Morgan fingerprint density at radius 1 is 0.800 bits per heavy atom. The lowest BCUT2D eigenvalue weighted by molar-refractivity contribution is -0.193. The standard InChI is InChI=1S/C19H23N3O2.3C2HF3O2/c1-2-16(12-21-7-1)14-24-18-4-3-17-19(18)23-11-10-22(17)13-15-5-8-20-9-6-15;3*3-2(4,5)1(6)7/h1-2,5-9,12,17-19H,3-4,10-11,13-14H2;3*(H,6,7)/t17-,18-,19-;;;/m0.../s1. The molecule has 1 saturated heterocycles. The molecule has 0 radical (unpaired) electrons. The number of hydrogen-bond acceptors (Lipinski definition) is 8. The van der Waals surface area contributed by atoms with E-state index in [1.807, 2.05) is 24.7 Å². The van der Waals surface area contributed by atoms with Gasteiger partial charge >= 0.3 is 36.4 Å². The van der Waals surface area contributed by atoms with E-state index in [1.165, 1.54) is 5.56 Å². The van der Waals surface area contributed by atoms with Crippen molar-refractivity contribution < 1.29 is 78.7 Å². The van der Waals surface area contributed by atoms with E-state index in [9.17, 15) is 39.5 Å². The lowest BCUT2D eigenvalue weighted by Gasteiger charge is -2.39. The number of aliphatic carboxylic acids is 3. The van der Waals surface area contributed by atoms with E-state index in [-0.39, 0.29) is 12.2 Å². The number of morpholine rings is 1. The summed E-state index contributed by atoms with van der Waals surface area (Å²) in [5.74, 6) is -8.27. The number of carboxylic acids is 3. The van der Waals surface area contributed by atoms with Crippen molar-refractivity contribution in [3.63, 3.8) is 0 Å². The predicted molar refractivity (Wildman–Crippen MR) is 131 cm³/mol. The number of alkyl halides is 9. The Balaban J connectivity index is 0.000000396. The molecule has 3 heterocycles. The minimum Gasteiger partial charge on any atom is -0.475 e. The summed E-state index contributed by atoms with van der Waals surface area (Å²) < 4.78 is 107. The Hall–Kier alpha value is -4.04. The average molecular weight is 667 g/mol. The second-order valence-corrected chi connectivity index (χ2v) is 8.93. The van der Waals surface area contributed by atoms with E-state index in [0.717, 1.165) is 38.1 Å². The maximum Gasteiger partial charge on any atom is 0.490 e. The second kappa shape index (κ2) is 17.4. The highest BCUT2D eigenvalue weighted by Crippen LogP contribution is 2.33. The van der Waals surface area contributed by atoms with E-state index in [4.69, 9.17) is 39.2 Å². The van der Waals surface area contributed by atoms with E-state index in [1.54, 1.807) is 6.20 Å². The fourth-order valence-corrected chi connectivity index (χ4v) is 3.78. The summed E-state index contributed by atoms with van der Waals surface area (Å²) in [6.45, 7) is 3.33. The molecule has 0 aromatic carbocycles. The summed E-state index contributed by atoms with van der Waals surface area (Å²) in [6, 6.07) is 8.64. The highest BCUT2D eigenvalue weighted by Gasteiger charge is 2.43. The Morgan fingerprint density at radius 2 is 1.31 bits per heavy atom. The molecule has 11 nitrogen and oxygen atoms in total. The van der Waals surface area contributed by atoms with Gasteiger partial charge in [-0.05, 0) is 42.2 Å². The lowest BCUT2D eigenvalue weighted by atomic mass is 10.1. The molecule has 3 atom stereocenters. The third-order valence-corrected chi connectivity index (χ3v) is 5.70. The molecular weight excluding hydrogens is 641 g/mol. The summed E-state index contributed by atoms with van der Waals surface area (Å²) in [5.41, 5.74) is 2.43. The van der Waals surface area contributed by atoms with E-state index >= 15 is 0 Å². The normalized spacial score (nSPS) is 19.7. The molecule has 0 bridgehead atoms. The number of hydrogen-bond donors (Lipinski definition) is 3. The van der Waals surface area contributed by atoms with Gasteiger partial charge in [0.1, 0.15) is 0 Å². The van der Waals surface area contributed by atoms with Crippen LogP contribution in [-0.4, -0.2) is 98.0 Å². The van der Waals surface area contributed by atoms with Crippen LogP contribution in [0.4, 0.5) is 39.5 Å². The zero-order chi connectivity index (χ0) is 34.4. The largest absolute Gasteiger partial charge is 0.490 e. The van der Waals surface area contributed by atoms with Gasteiger partial charge in [-0.2, -0.15) is 39.5 Å². The van der Waals surface area contributed by atoms with Crippen LogP contribution in [0.2, 0.25) is 0 Å². The predicted octanol–water partition coefficient (Wildman–Crippen LogP) is 4.33. The first-order valence-electron chi connectivity index (χ1n) is 12.4. The molecule has 4 rings (SSSR count). The van der Waals surface area contributed by atoms with Crippen LogP contribution in [0.25, 0.3) is 0 Å². The van der Waals surface area contributed by atoms with Crippen LogP contribution < -0.4 is 0 Å². The van der Waals surface area contributed by atoms with Gasteiger partial charge in [0.25, 0.3) is 0 Å². The molecule has 1 aliphatic heterocycles. The Morgan fingerprint density at radius 3 is 1.76 bits per heavy atom. The van der Waals surface area contributed by atoms with Crippen LogP contribution in [0.15, 0.2) is 49.1 Å². The molecule has 252 valence electrons. The smallest absolute Gasteiger partial charge is 0.475 e. The number of ether oxygens (including phenoxy) is 2. The van der Waals surface area contributed by atoms with Crippen molar-refractivity contribution in [3.8, 4) is 0 Å². The second-order valence-electron chi connectivity index (χ2n) is 8.93. The Kier molecular flexibility index (Phi) is 15.1. The van der Waals surface area contributed by atoms with Gasteiger partial charge in [-0.3, -0.25) is 14.9 Å². The molecule has 2 aliphatic rings. The summed E-state index contributed by atoms with van der Waals surface area (Å²) in [6.07, 6.45) is -5.33. The molecule has 2 fully saturated rings. The van der Waals surface area contributed by atoms with Crippen molar-refractivity contribution in [1.82, 2.24) is 14.9 Å². The van der Waals surface area contributed by atoms with Gasteiger partial charge in [-0.15, -0.1) is 0 Å². The van der Waals surface area contributed by atoms with Gasteiger partial charge in [-0.1, -0.05) is 6.07 Å². The number of aromatic nitrogens is 2. The highest BCUT2D eigenvalue weighted by molar-refractivity contribution is 5.73. The van der Waals surface area contributed by atoms with Gasteiger partial charge in [0.15, 0.2) is 0 Å². The molecule has 20 heteroatoms. The van der Waals surface area contributed by atoms with E-state index < -0.39 is 36.4 Å². The van der Waals surface area contributed by atoms with Crippen LogP contribution in [0.5, 0.6) is 0 Å². The summed E-state index contributed by atoms with van der Waals surface area (Å²) >= 11 is 0. The third kappa shape index (κ3) is 15.0. The first kappa shape index (κ1) is 39.0. The quantitative estimate of drug-likeness (QED) is 0.390. The first-order valence-corrected chi connectivity index (χ1v) is 12.4. The molecule has 1 saturated carbocycles. The molecule has 0 spiro atoms. The fraction of sp³-hybridized carbons (Fsp3) is 0.480. The fourth-order valence-electron chi connectivity index (χ4n) is 3.78. The Bertz CT molecular complexity index is 1140. The minimum atomic E-state index is -5.08. The topological polar surface area (TPSA) is 159 Å². The molecule has 3 N–H and O–H groups in total. The van der Waals surface area contributed by atoms with Crippen LogP contribution in [0, 0.1) is 0 Å². The van der Waals surface area contributed by atoms with Gasteiger partial charge < -0.3 is 24.8 Å². The lowest BCUT2D eigenvalue weighted by Crippen LogP contribution is -2.51. The van der Waals surface area contributed by atoms with Gasteiger partial charge in [-0.25, -0.2) is 14.4 Å². The zero-order valence-corrected chi connectivity index (χ0v) is 22.7. The number of carbonyl (C=O) groups is 3. The summed E-state index contributed by atoms with van der Waals surface area (Å²) in [7, 11) is 0. The maximum atomic E-state index is 10.6. The monoisotopic (exact) mass is 667 g/mol. The van der Waals surface area contributed by atoms with Crippen molar-refractivity contribution in [2.24, 2.45) is 0 Å². The number of fused-ring (bicyclic) bond motifs is 1. The number of halogens is 9. The molecule has 45 heavy (non-hydrogen) atoms. The Labute approximate surface area is 248 Å². The minimum absolute atomic E-state index is 0.176. The number of rotatable bonds is 5. The summed E-state index contributed by atoms with van der Waals surface area (Å²) in [4.78, 5) is 37.5. The first-order chi connectivity index (χ1) is 20.7. The van der Waals surface area contributed by atoms with Crippen molar-refractivity contribution in [1.29, 1.82) is 0 Å². The van der Waals surface area contributed by atoms with E-state index in [2.05, 4.69) is 33.1 Å². The molecule has 0 amide bonds. The van der Waals surface area contributed by atoms with Gasteiger partial charge in [0, 0.05) is 43.9 Å². The van der Waals surface area contributed by atoms with Gasteiger partial charge in [0.2, 0.25) is 0 Å². The van der Waals surface area contributed by atoms with Crippen LogP contribution >= 0.6 is 0 Å². The van der Waals surface area contributed by atoms with Crippen molar-refractivity contribution in [2.45, 2.75) is 62.8 Å². The zero-order valence-electron chi connectivity index (χ0n) is 22.7. The molecule has 2 aromatic heterocycles. The number of pyridine rings is 2. The van der Waals surface area contributed by atoms with Crippen molar-refractivity contribution >= 4 is 17.9 Å². The highest BCUT2D eigenvalue weighted by atomic mass is 19.4. The SMILES string of the molecule is O=C(O)C(F)(F)F.O=C(O)C(F)(F)F.O=C(O)C(F)(F)F.c1cncc(CO[C@H]2CC[C@H]3[C@@H]2OCCN3Cc2ccncc2)c1. The average Bonchev–Trinajstić information content (AvgIpc) is 3.37. The number of nitrogens with zero attached hydrogens (tertiary/aromatic N) is 3. The van der Waals surface area contributed by atoms with Crippen LogP contribution in [0.1, 0.15) is 24.0 Å². The van der Waals surface area contributed by atoms with Crippen molar-refractivity contribution in [2.75, 3.05) is 13.2 Å². The van der Waals surface area contributed by atoms with Crippen LogP contribution in [-0.2, 0) is 37.0 Å². The maximum absolute atomic E-state index is 10.6. The van der Waals surface area contributed by atoms with Gasteiger partial charge in [0.05, 0.1) is 25.4 Å². The van der Waals surface area contributed by atoms with Crippen molar-refractivity contribution in [3.05, 3.63) is 60.2 Å². The number of carboxylic acid groups (broad SMARTS) is 3. The molecule has 0 unspecified atom stereocenters.